The molecule has 30 heavy (non-hydrogen) atoms. The van der Waals surface area contributed by atoms with Crippen molar-refractivity contribution in [1.29, 1.82) is 0 Å². The summed E-state index contributed by atoms with van der Waals surface area (Å²) in [4.78, 5) is 22.7. The molecule has 0 spiro atoms. The quantitative estimate of drug-likeness (QED) is 0.446. The molecule has 0 fully saturated rings. The van der Waals surface area contributed by atoms with Crippen LogP contribution in [0.1, 0.15) is 17.3 Å². The van der Waals surface area contributed by atoms with E-state index in [4.69, 9.17) is 5.11 Å². The zero-order valence-electron chi connectivity index (χ0n) is 15.8. The van der Waals surface area contributed by atoms with Gasteiger partial charge in [-0.15, -0.1) is 0 Å². The minimum Gasteiger partial charge on any atom is -0.505 e. The Morgan fingerprint density at radius 1 is 0.900 bits per heavy atom. The predicted octanol–water partition coefficient (Wildman–Crippen LogP) is 3.52. The third kappa shape index (κ3) is 4.26. The lowest BCUT2D eigenvalue weighted by Crippen LogP contribution is -2.18. The minimum atomic E-state index is -4.30. The molecule has 0 saturated carbocycles. The number of carboxylic acid groups (broad SMARTS) is 1. The van der Waals surface area contributed by atoms with Crippen LogP contribution in [-0.4, -0.2) is 30.5 Å². The van der Waals surface area contributed by atoms with Crippen LogP contribution in [-0.2, 0) is 14.8 Å². The normalized spacial score (nSPS) is 11.0. The number of carbonyl (C=O) groups excluding carboxylic acids is 1. The van der Waals surface area contributed by atoms with Gasteiger partial charge >= 0.3 is 5.97 Å². The van der Waals surface area contributed by atoms with E-state index in [1.807, 2.05) is 6.07 Å². The van der Waals surface area contributed by atoms with E-state index in [2.05, 4.69) is 10.0 Å². The topological polar surface area (TPSA) is 133 Å². The van der Waals surface area contributed by atoms with E-state index in [9.17, 15) is 23.1 Å². The van der Waals surface area contributed by atoms with E-state index in [1.54, 1.807) is 30.3 Å². The first-order valence-electron chi connectivity index (χ1n) is 8.75. The van der Waals surface area contributed by atoms with Crippen molar-refractivity contribution in [2.45, 2.75) is 11.8 Å². The third-order valence-electron chi connectivity index (χ3n) is 4.21. The van der Waals surface area contributed by atoms with Gasteiger partial charge in [0.1, 0.15) is 10.5 Å². The van der Waals surface area contributed by atoms with E-state index >= 15 is 0 Å². The van der Waals surface area contributed by atoms with Gasteiger partial charge < -0.3 is 15.5 Å². The molecule has 0 aliphatic carbocycles. The molecule has 0 aliphatic rings. The maximum atomic E-state index is 13.1. The number of carbonyl (C=O) groups is 2. The molecule has 0 heterocycles. The molecule has 0 unspecified atom stereocenters. The number of amides is 1. The maximum absolute atomic E-state index is 13.1. The number of sulfonamides is 1. The number of anilines is 2. The zero-order chi connectivity index (χ0) is 21.9. The number of para-hydroxylation sites is 2. The van der Waals surface area contributed by atoms with Crippen LogP contribution in [0.25, 0.3) is 11.1 Å². The van der Waals surface area contributed by atoms with E-state index in [0.717, 1.165) is 6.07 Å². The second-order valence-electron chi connectivity index (χ2n) is 6.34. The number of aromatic hydroxyl groups is 1. The summed E-state index contributed by atoms with van der Waals surface area (Å²) in [5.74, 6) is -2.59. The average molecular weight is 426 g/mol. The van der Waals surface area contributed by atoms with Crippen LogP contribution in [0.15, 0.2) is 71.6 Å². The van der Waals surface area contributed by atoms with Gasteiger partial charge in [-0.3, -0.25) is 9.52 Å². The number of nitrogens with one attached hydrogen (secondary N) is 2. The first kappa shape index (κ1) is 20.9. The molecule has 1 amide bonds. The molecule has 0 aliphatic heterocycles. The molecule has 3 aromatic carbocycles. The highest BCUT2D eigenvalue weighted by Gasteiger charge is 2.24. The molecule has 4 N–H and O–H groups in total. The summed E-state index contributed by atoms with van der Waals surface area (Å²) >= 11 is 0. The first-order chi connectivity index (χ1) is 14.2. The van der Waals surface area contributed by atoms with Crippen molar-refractivity contribution < 1.29 is 28.2 Å². The van der Waals surface area contributed by atoms with E-state index in [0.29, 0.717) is 11.1 Å². The lowest BCUT2D eigenvalue weighted by atomic mass is 10.0. The average Bonchev–Trinajstić information content (AvgIpc) is 2.69. The summed E-state index contributed by atoms with van der Waals surface area (Å²) in [6.45, 7) is 1.26. The molecule has 0 atom stereocenters. The Morgan fingerprint density at radius 2 is 1.57 bits per heavy atom. The van der Waals surface area contributed by atoms with E-state index in [1.165, 1.54) is 31.2 Å². The monoisotopic (exact) mass is 426 g/mol. The van der Waals surface area contributed by atoms with Crippen molar-refractivity contribution in [2.24, 2.45) is 0 Å². The number of rotatable bonds is 6. The molecule has 0 radical (unpaired) electrons. The number of hydrogen-bond donors (Lipinski definition) is 4. The van der Waals surface area contributed by atoms with Crippen LogP contribution in [0.4, 0.5) is 11.4 Å². The van der Waals surface area contributed by atoms with Gasteiger partial charge in [0, 0.05) is 12.5 Å². The highest BCUT2D eigenvalue weighted by Crippen LogP contribution is 2.36. The van der Waals surface area contributed by atoms with Crippen molar-refractivity contribution in [3.05, 3.63) is 72.3 Å². The van der Waals surface area contributed by atoms with Crippen LogP contribution in [0.5, 0.6) is 5.75 Å². The molecule has 0 aromatic heterocycles. The number of phenols is 1. The molecule has 8 nitrogen and oxygen atoms in total. The van der Waals surface area contributed by atoms with Gasteiger partial charge in [0.2, 0.25) is 5.91 Å². The largest absolute Gasteiger partial charge is 0.505 e. The van der Waals surface area contributed by atoms with Crippen LogP contribution < -0.4 is 10.0 Å². The van der Waals surface area contributed by atoms with Gasteiger partial charge in [0.25, 0.3) is 10.0 Å². The van der Waals surface area contributed by atoms with Crippen LogP contribution in [0.3, 0.4) is 0 Å². The Labute approximate surface area is 172 Å². The van der Waals surface area contributed by atoms with Crippen molar-refractivity contribution >= 4 is 33.3 Å². The maximum Gasteiger partial charge on any atom is 0.339 e. The summed E-state index contributed by atoms with van der Waals surface area (Å²) in [5.41, 5.74) is 0.493. The van der Waals surface area contributed by atoms with Gasteiger partial charge in [-0.1, -0.05) is 48.5 Å². The van der Waals surface area contributed by atoms with Crippen LogP contribution >= 0.6 is 0 Å². The number of benzene rings is 3. The standard InChI is InChI=1S/C21H18N2O6S/c1-13(24)22-19-15(14-7-3-2-4-8-14)9-6-12-18(19)30(28,29)23-17-11-5-10-16(20(17)25)21(26)27/h2-12,23,25H,1H3,(H,22,24)(H,26,27). The summed E-state index contributed by atoms with van der Waals surface area (Å²) in [5, 5.41) is 21.8. The molecule has 0 bridgehead atoms. The Balaban J connectivity index is 2.14. The van der Waals surface area contributed by atoms with E-state index in [-0.39, 0.29) is 16.3 Å². The van der Waals surface area contributed by atoms with E-state index < -0.39 is 33.2 Å². The van der Waals surface area contributed by atoms with Gasteiger partial charge in [-0.05, 0) is 23.8 Å². The smallest absolute Gasteiger partial charge is 0.339 e. The fourth-order valence-electron chi connectivity index (χ4n) is 2.92. The number of hydrogen-bond acceptors (Lipinski definition) is 5. The lowest BCUT2D eigenvalue weighted by Gasteiger charge is -2.17. The highest BCUT2D eigenvalue weighted by atomic mass is 32.2. The van der Waals surface area contributed by atoms with Gasteiger partial charge in [-0.25, -0.2) is 13.2 Å². The van der Waals surface area contributed by atoms with Crippen LogP contribution in [0, 0.1) is 0 Å². The Morgan fingerprint density at radius 3 is 2.20 bits per heavy atom. The predicted molar refractivity (Wildman–Crippen MR) is 112 cm³/mol. The Kier molecular flexibility index (Phi) is 5.74. The van der Waals surface area contributed by atoms with Crippen molar-refractivity contribution in [3.63, 3.8) is 0 Å². The second kappa shape index (κ2) is 8.26. The van der Waals surface area contributed by atoms with Gasteiger partial charge in [0.05, 0.1) is 11.4 Å². The highest BCUT2D eigenvalue weighted by molar-refractivity contribution is 7.93. The van der Waals surface area contributed by atoms with Gasteiger partial charge in [-0.2, -0.15) is 0 Å². The molecule has 154 valence electrons. The molecule has 3 rings (SSSR count). The summed E-state index contributed by atoms with van der Waals surface area (Å²) in [6.07, 6.45) is 0. The molecular formula is C21H18N2O6S. The summed E-state index contributed by atoms with van der Waals surface area (Å²) in [6, 6.07) is 17.1. The molecule has 9 heteroatoms. The minimum absolute atomic E-state index is 0.0672. The second-order valence-corrected chi connectivity index (χ2v) is 7.99. The zero-order valence-corrected chi connectivity index (χ0v) is 16.6. The SMILES string of the molecule is CC(=O)Nc1c(-c2ccccc2)cccc1S(=O)(=O)Nc1cccc(C(=O)O)c1O. The number of aromatic carboxylic acids is 1. The Bertz CT molecular complexity index is 1220. The van der Waals surface area contributed by atoms with Crippen molar-refractivity contribution in [3.8, 4) is 16.9 Å². The summed E-state index contributed by atoms with van der Waals surface area (Å²) < 4.78 is 28.4. The first-order valence-corrected chi connectivity index (χ1v) is 10.2. The fraction of sp³-hybridized carbons (Fsp3) is 0.0476. The lowest BCUT2D eigenvalue weighted by molar-refractivity contribution is -0.114. The summed E-state index contributed by atoms with van der Waals surface area (Å²) in [7, 11) is -4.30. The molecular weight excluding hydrogens is 408 g/mol. The van der Waals surface area contributed by atoms with Crippen molar-refractivity contribution in [2.75, 3.05) is 10.0 Å². The Hall–Kier alpha value is -3.85. The van der Waals surface area contributed by atoms with Gasteiger partial charge in [0.15, 0.2) is 5.75 Å². The molecule has 0 saturated heterocycles. The fourth-order valence-corrected chi connectivity index (χ4v) is 4.17. The number of carboxylic acids is 1. The third-order valence-corrected chi connectivity index (χ3v) is 5.62. The molecule has 3 aromatic rings. The van der Waals surface area contributed by atoms with Crippen molar-refractivity contribution in [1.82, 2.24) is 0 Å². The van der Waals surface area contributed by atoms with Crippen LogP contribution in [0.2, 0.25) is 0 Å².